The number of nitrogens with one attached hydrogen (secondary N) is 2. The van der Waals surface area contributed by atoms with Crippen LogP contribution in [0.5, 0.6) is 0 Å². The van der Waals surface area contributed by atoms with Gasteiger partial charge in [0.15, 0.2) is 0 Å². The third-order valence-electron chi connectivity index (χ3n) is 6.88. The van der Waals surface area contributed by atoms with E-state index >= 15 is 0 Å². The molecule has 2 fully saturated rings. The molecule has 0 spiro atoms. The van der Waals surface area contributed by atoms with Gasteiger partial charge in [-0.15, -0.1) is 0 Å². The number of benzene rings is 1. The molecule has 8 heteroatoms. The monoisotopic (exact) mass is 453 g/mol. The van der Waals surface area contributed by atoms with E-state index in [-0.39, 0.29) is 5.82 Å². The minimum atomic E-state index is -0.340. The Kier molecular flexibility index (Phi) is 8.10. The predicted molar refractivity (Wildman–Crippen MR) is 132 cm³/mol. The lowest BCUT2D eigenvalue weighted by Gasteiger charge is -2.33. The zero-order valence-corrected chi connectivity index (χ0v) is 19.5. The van der Waals surface area contributed by atoms with Crippen molar-refractivity contribution in [2.45, 2.75) is 69.9 Å². The van der Waals surface area contributed by atoms with Crippen molar-refractivity contribution in [1.82, 2.24) is 14.9 Å². The number of nitrogens with zero attached hydrogens (tertiary/aromatic N) is 4. The summed E-state index contributed by atoms with van der Waals surface area (Å²) in [6, 6.07) is 7.32. The van der Waals surface area contributed by atoms with Gasteiger partial charge < -0.3 is 21.3 Å². The highest BCUT2D eigenvalue weighted by molar-refractivity contribution is 5.95. The zero-order valence-electron chi connectivity index (χ0n) is 19.5. The van der Waals surface area contributed by atoms with E-state index in [0.29, 0.717) is 35.6 Å². The molecule has 2 aliphatic rings. The molecule has 1 heterocycles. The van der Waals surface area contributed by atoms with Gasteiger partial charge in [-0.05, 0) is 56.6 Å². The van der Waals surface area contributed by atoms with Crippen molar-refractivity contribution in [3.63, 3.8) is 0 Å². The van der Waals surface area contributed by atoms with Crippen LogP contribution in [0.25, 0.3) is 0 Å². The van der Waals surface area contributed by atoms with E-state index < -0.39 is 0 Å². The summed E-state index contributed by atoms with van der Waals surface area (Å²) < 4.78 is 14.3. The predicted octanol–water partition coefficient (Wildman–Crippen LogP) is 4.91. The van der Waals surface area contributed by atoms with Gasteiger partial charge in [0.1, 0.15) is 11.5 Å². The summed E-state index contributed by atoms with van der Waals surface area (Å²) in [4.78, 5) is 15.7. The molecule has 0 atom stereocenters. The maximum Gasteiger partial charge on any atom is 0.222 e. The fourth-order valence-electron chi connectivity index (χ4n) is 4.73. The molecule has 0 bridgehead atoms. The van der Waals surface area contributed by atoms with Crippen molar-refractivity contribution < 1.29 is 4.39 Å². The van der Waals surface area contributed by atoms with E-state index in [1.165, 1.54) is 25.3 Å². The van der Waals surface area contributed by atoms with Crippen LogP contribution in [0.1, 0.15) is 57.8 Å². The molecule has 0 radical (unpaired) electrons. The SMILES string of the molecule is CN(C(=Nc1ccccc1F)Nc1cnc(NCC2CCC(N)CC2)nc1)C1CCCCC1. The van der Waals surface area contributed by atoms with Gasteiger partial charge in [-0.2, -0.15) is 0 Å². The number of aromatic nitrogens is 2. The van der Waals surface area contributed by atoms with Crippen LogP contribution in [0.2, 0.25) is 0 Å². The first-order chi connectivity index (χ1) is 16.1. The van der Waals surface area contributed by atoms with Crippen LogP contribution in [0, 0.1) is 11.7 Å². The Balaban J connectivity index is 1.43. The van der Waals surface area contributed by atoms with Crippen molar-refractivity contribution in [1.29, 1.82) is 0 Å². The smallest absolute Gasteiger partial charge is 0.222 e. The second-order valence-corrected chi connectivity index (χ2v) is 9.37. The second kappa shape index (κ2) is 11.4. The standard InChI is InChI=1S/C25H36FN7/c1-33(21-7-3-2-4-8-21)25(32-23-10-6-5-9-22(23)26)31-20-16-29-24(30-17-20)28-15-18-11-13-19(27)14-12-18/h5-6,9-10,16-19,21H,2-4,7-8,11-15,27H2,1H3,(H,31,32)(H,28,29,30). The summed E-state index contributed by atoms with van der Waals surface area (Å²) in [6.45, 7) is 0.865. The van der Waals surface area contributed by atoms with Crippen LogP contribution in [-0.4, -0.2) is 46.5 Å². The van der Waals surface area contributed by atoms with Crippen molar-refractivity contribution >= 4 is 23.3 Å². The minimum Gasteiger partial charge on any atom is -0.354 e. The fourth-order valence-corrected chi connectivity index (χ4v) is 4.73. The number of hydrogen-bond acceptors (Lipinski definition) is 5. The molecule has 33 heavy (non-hydrogen) atoms. The summed E-state index contributed by atoms with van der Waals surface area (Å²) in [6.07, 6.45) is 13.9. The van der Waals surface area contributed by atoms with Gasteiger partial charge in [0.2, 0.25) is 11.9 Å². The molecular weight excluding hydrogens is 417 g/mol. The van der Waals surface area contributed by atoms with Crippen LogP contribution >= 0.6 is 0 Å². The number of aliphatic imine (C=N–C) groups is 1. The van der Waals surface area contributed by atoms with Crippen LogP contribution in [0.15, 0.2) is 41.7 Å². The number of guanidine groups is 1. The second-order valence-electron chi connectivity index (χ2n) is 9.37. The highest BCUT2D eigenvalue weighted by Gasteiger charge is 2.22. The molecule has 178 valence electrons. The number of rotatable bonds is 6. The maximum absolute atomic E-state index is 14.3. The molecule has 2 aromatic rings. The summed E-state index contributed by atoms with van der Waals surface area (Å²) in [7, 11) is 2.02. The highest BCUT2D eigenvalue weighted by atomic mass is 19.1. The third kappa shape index (κ3) is 6.63. The van der Waals surface area contributed by atoms with Crippen molar-refractivity contribution in [2.75, 3.05) is 24.2 Å². The average Bonchev–Trinajstić information content (AvgIpc) is 2.85. The largest absolute Gasteiger partial charge is 0.354 e. The van der Waals surface area contributed by atoms with Crippen molar-refractivity contribution in [2.24, 2.45) is 16.6 Å². The topological polar surface area (TPSA) is 91.5 Å². The van der Waals surface area contributed by atoms with E-state index in [1.54, 1.807) is 30.6 Å². The maximum atomic E-state index is 14.3. The molecular formula is C25H36FN7. The Morgan fingerprint density at radius 2 is 1.76 bits per heavy atom. The summed E-state index contributed by atoms with van der Waals surface area (Å²) in [5, 5.41) is 6.68. The molecule has 1 aromatic heterocycles. The normalized spacial score (nSPS) is 22.1. The van der Waals surface area contributed by atoms with Gasteiger partial charge in [-0.25, -0.2) is 19.4 Å². The average molecular weight is 454 g/mol. The van der Waals surface area contributed by atoms with Gasteiger partial charge in [-0.3, -0.25) is 0 Å². The molecule has 4 rings (SSSR count). The summed E-state index contributed by atoms with van der Waals surface area (Å²) >= 11 is 0. The Labute approximate surface area is 196 Å². The highest BCUT2D eigenvalue weighted by Crippen LogP contribution is 2.25. The van der Waals surface area contributed by atoms with E-state index in [9.17, 15) is 4.39 Å². The fraction of sp³-hybridized carbons (Fsp3) is 0.560. The van der Waals surface area contributed by atoms with Crippen LogP contribution in [0.4, 0.5) is 21.7 Å². The Morgan fingerprint density at radius 1 is 1.06 bits per heavy atom. The number of nitrogens with two attached hydrogens (primary N) is 1. The zero-order chi connectivity index (χ0) is 23.0. The molecule has 1 aromatic carbocycles. The van der Waals surface area contributed by atoms with Gasteiger partial charge in [0, 0.05) is 25.7 Å². The third-order valence-corrected chi connectivity index (χ3v) is 6.88. The first-order valence-corrected chi connectivity index (χ1v) is 12.2. The lowest BCUT2D eigenvalue weighted by molar-refractivity contribution is 0.278. The first-order valence-electron chi connectivity index (χ1n) is 12.2. The van der Waals surface area contributed by atoms with Gasteiger partial charge in [-0.1, -0.05) is 31.4 Å². The van der Waals surface area contributed by atoms with Crippen LogP contribution in [0.3, 0.4) is 0 Å². The number of halogens is 1. The first kappa shape index (κ1) is 23.4. The molecule has 7 nitrogen and oxygen atoms in total. The van der Waals surface area contributed by atoms with Crippen molar-refractivity contribution in [3.05, 3.63) is 42.5 Å². The molecule has 4 N–H and O–H groups in total. The van der Waals surface area contributed by atoms with Crippen LogP contribution < -0.4 is 16.4 Å². The molecule has 0 amide bonds. The van der Waals surface area contributed by atoms with Gasteiger partial charge >= 0.3 is 0 Å². The van der Waals surface area contributed by atoms with E-state index in [0.717, 1.165) is 50.8 Å². The summed E-state index contributed by atoms with van der Waals surface area (Å²) in [5.74, 6) is 1.50. The number of hydrogen-bond donors (Lipinski definition) is 3. The molecule has 0 aliphatic heterocycles. The molecule has 2 aliphatic carbocycles. The van der Waals surface area contributed by atoms with E-state index in [2.05, 4.69) is 30.5 Å². The number of para-hydroxylation sites is 1. The minimum absolute atomic E-state index is 0.314. The van der Waals surface area contributed by atoms with Gasteiger partial charge in [0.25, 0.3) is 0 Å². The van der Waals surface area contributed by atoms with E-state index in [1.807, 2.05) is 7.05 Å². The quantitative estimate of drug-likeness (QED) is 0.425. The number of anilines is 2. The molecule has 0 unspecified atom stereocenters. The summed E-state index contributed by atoms with van der Waals surface area (Å²) in [5.41, 5.74) is 7.04. The molecule has 0 saturated heterocycles. The van der Waals surface area contributed by atoms with Crippen LogP contribution in [-0.2, 0) is 0 Å². The van der Waals surface area contributed by atoms with Gasteiger partial charge in [0.05, 0.1) is 18.1 Å². The Hall–Kier alpha value is -2.74. The van der Waals surface area contributed by atoms with Crippen molar-refractivity contribution in [3.8, 4) is 0 Å². The van der Waals surface area contributed by atoms with E-state index in [4.69, 9.17) is 5.73 Å². The molecule has 2 saturated carbocycles. The Morgan fingerprint density at radius 3 is 2.45 bits per heavy atom. The lowest BCUT2D eigenvalue weighted by atomic mass is 9.86. The Bertz CT molecular complexity index is 903. The lowest BCUT2D eigenvalue weighted by Crippen LogP contribution is -2.42.